The van der Waals surface area contributed by atoms with Gasteiger partial charge in [0, 0.05) is 53.9 Å². The summed E-state index contributed by atoms with van der Waals surface area (Å²) >= 11 is 0. The number of benzene rings is 1. The van der Waals surface area contributed by atoms with Crippen molar-refractivity contribution in [3.05, 3.63) is 78.8 Å². The molecule has 0 unspecified atom stereocenters. The number of hydrogen-bond acceptors (Lipinski definition) is 4. The van der Waals surface area contributed by atoms with E-state index >= 15 is 0 Å². The molecule has 2 N–H and O–H groups in total. The number of H-pyrrole nitrogens is 2. The van der Waals surface area contributed by atoms with Crippen LogP contribution in [-0.4, -0.2) is 39.2 Å². The maximum atomic E-state index is 4.60. The minimum Gasteiger partial charge on any atom is -0.376 e. The lowest BCUT2D eigenvalue weighted by molar-refractivity contribution is 1.10. The van der Waals surface area contributed by atoms with Gasteiger partial charge in [0.1, 0.15) is 0 Å². The quantitative estimate of drug-likeness (QED) is 0.400. The summed E-state index contributed by atoms with van der Waals surface area (Å²) < 4.78 is 0. The summed E-state index contributed by atoms with van der Waals surface area (Å²) in [5.41, 5.74) is 9.33. The first-order chi connectivity index (χ1) is 15.7. The molecular formula is C26H22N6. The second kappa shape index (κ2) is 7.20. The smallest absolute Gasteiger partial charge is 0.181 e. The van der Waals surface area contributed by atoms with E-state index in [1.807, 2.05) is 37.6 Å². The van der Waals surface area contributed by atoms with Crippen LogP contribution in [0.3, 0.4) is 0 Å². The highest BCUT2D eigenvalue weighted by Gasteiger charge is 2.15. The topological polar surface area (TPSA) is 73.5 Å². The summed E-state index contributed by atoms with van der Waals surface area (Å²) in [6, 6.07) is 12.8. The van der Waals surface area contributed by atoms with Gasteiger partial charge in [-0.15, -0.1) is 0 Å². The summed E-state index contributed by atoms with van der Waals surface area (Å²) in [5.74, 6) is 0. The molecular weight excluding hydrogens is 396 g/mol. The van der Waals surface area contributed by atoms with Crippen molar-refractivity contribution in [2.45, 2.75) is 6.42 Å². The van der Waals surface area contributed by atoms with Crippen LogP contribution in [0.5, 0.6) is 0 Å². The fraction of sp³-hybridized carbons (Fsp3) is 0.115. The summed E-state index contributed by atoms with van der Waals surface area (Å²) in [4.78, 5) is 14.6. The van der Waals surface area contributed by atoms with E-state index in [2.05, 4.69) is 79.8 Å². The molecule has 0 atom stereocenters. The van der Waals surface area contributed by atoms with Crippen molar-refractivity contribution in [1.82, 2.24) is 25.1 Å². The number of hydrogen-bond donors (Lipinski definition) is 2. The number of pyridine rings is 2. The molecule has 0 radical (unpaired) electrons. The Kier molecular flexibility index (Phi) is 4.18. The van der Waals surface area contributed by atoms with E-state index in [1.165, 1.54) is 16.5 Å². The van der Waals surface area contributed by atoms with Crippen LogP contribution in [0.2, 0.25) is 0 Å². The van der Waals surface area contributed by atoms with Crippen LogP contribution in [0.4, 0.5) is 5.69 Å². The van der Waals surface area contributed by atoms with Crippen LogP contribution in [0.15, 0.2) is 73.2 Å². The number of allylic oxidation sites excluding steroid dienone is 4. The molecule has 0 amide bonds. The highest BCUT2D eigenvalue weighted by atomic mass is 15.2. The van der Waals surface area contributed by atoms with Gasteiger partial charge >= 0.3 is 0 Å². The first-order valence-corrected chi connectivity index (χ1v) is 10.6. The van der Waals surface area contributed by atoms with E-state index in [-0.39, 0.29) is 0 Å². The van der Waals surface area contributed by atoms with E-state index in [9.17, 15) is 0 Å². The van der Waals surface area contributed by atoms with E-state index in [0.29, 0.717) is 5.65 Å². The van der Waals surface area contributed by atoms with Crippen molar-refractivity contribution in [3.8, 4) is 22.5 Å². The Morgan fingerprint density at radius 2 is 1.88 bits per heavy atom. The van der Waals surface area contributed by atoms with Gasteiger partial charge in [-0.1, -0.05) is 30.4 Å². The number of rotatable bonds is 4. The van der Waals surface area contributed by atoms with Gasteiger partial charge in [0.2, 0.25) is 0 Å². The highest BCUT2D eigenvalue weighted by molar-refractivity contribution is 6.00. The zero-order chi connectivity index (χ0) is 21.7. The highest BCUT2D eigenvalue weighted by Crippen LogP contribution is 2.34. The number of fused-ring (bicyclic) bond motifs is 2. The molecule has 6 nitrogen and oxygen atoms in total. The van der Waals surface area contributed by atoms with E-state index in [4.69, 9.17) is 0 Å². The van der Waals surface area contributed by atoms with Gasteiger partial charge in [0.05, 0.1) is 23.3 Å². The molecule has 0 aliphatic heterocycles. The first-order valence-electron chi connectivity index (χ1n) is 10.6. The maximum Gasteiger partial charge on any atom is 0.181 e. The van der Waals surface area contributed by atoms with Crippen molar-refractivity contribution >= 4 is 33.2 Å². The second-order valence-electron chi connectivity index (χ2n) is 8.27. The Labute approximate surface area is 185 Å². The van der Waals surface area contributed by atoms with Gasteiger partial charge in [-0.3, -0.25) is 10.1 Å². The lowest BCUT2D eigenvalue weighted by Gasteiger charge is -2.12. The molecule has 32 heavy (non-hydrogen) atoms. The molecule has 6 heteroatoms. The Balaban J connectivity index is 1.48. The molecule has 1 aliphatic rings. The number of anilines is 1. The minimum absolute atomic E-state index is 0.695. The third kappa shape index (κ3) is 3.00. The Morgan fingerprint density at radius 3 is 2.72 bits per heavy atom. The average Bonchev–Trinajstić information content (AvgIpc) is 3.57. The number of aromatic amines is 2. The van der Waals surface area contributed by atoms with Crippen LogP contribution in [0, 0.1) is 0 Å². The van der Waals surface area contributed by atoms with E-state index in [1.54, 1.807) is 0 Å². The van der Waals surface area contributed by atoms with Crippen LogP contribution in [0.1, 0.15) is 12.0 Å². The van der Waals surface area contributed by atoms with Crippen molar-refractivity contribution in [2.75, 3.05) is 19.0 Å². The third-order valence-electron chi connectivity index (χ3n) is 6.00. The largest absolute Gasteiger partial charge is 0.376 e. The van der Waals surface area contributed by atoms with Crippen LogP contribution in [-0.2, 0) is 0 Å². The van der Waals surface area contributed by atoms with Crippen molar-refractivity contribution in [1.29, 1.82) is 0 Å². The number of nitrogens with one attached hydrogen (secondary N) is 2. The fourth-order valence-electron chi connectivity index (χ4n) is 4.29. The number of nitrogens with zero attached hydrogens (tertiary/aromatic N) is 4. The van der Waals surface area contributed by atoms with Gasteiger partial charge in [-0.2, -0.15) is 5.10 Å². The molecule has 156 valence electrons. The fourth-order valence-corrected chi connectivity index (χ4v) is 4.29. The van der Waals surface area contributed by atoms with Gasteiger partial charge < -0.3 is 9.88 Å². The summed E-state index contributed by atoms with van der Waals surface area (Å²) in [6.07, 6.45) is 13.2. The zero-order valence-electron chi connectivity index (χ0n) is 17.9. The molecule has 0 fully saturated rings. The zero-order valence-corrected chi connectivity index (χ0v) is 17.9. The summed E-state index contributed by atoms with van der Waals surface area (Å²) in [5, 5.41) is 9.82. The summed E-state index contributed by atoms with van der Waals surface area (Å²) in [6.45, 7) is 0. The van der Waals surface area contributed by atoms with E-state index < -0.39 is 0 Å². The molecule has 1 aliphatic carbocycles. The maximum absolute atomic E-state index is 4.60. The molecule has 5 aromatic rings. The minimum atomic E-state index is 0.695. The molecule has 4 heterocycles. The average molecular weight is 419 g/mol. The predicted molar refractivity (Wildman–Crippen MR) is 130 cm³/mol. The predicted octanol–water partition coefficient (Wildman–Crippen LogP) is 5.58. The van der Waals surface area contributed by atoms with Gasteiger partial charge in [-0.05, 0) is 41.8 Å². The molecule has 0 bridgehead atoms. The summed E-state index contributed by atoms with van der Waals surface area (Å²) in [7, 11) is 4.02. The molecule has 4 aromatic heterocycles. The van der Waals surface area contributed by atoms with Crippen LogP contribution in [0.25, 0.3) is 50.0 Å². The van der Waals surface area contributed by atoms with Crippen molar-refractivity contribution in [3.63, 3.8) is 0 Å². The first kappa shape index (κ1) is 18.6. The second-order valence-corrected chi connectivity index (χ2v) is 8.27. The Bertz CT molecular complexity index is 1530. The molecule has 0 saturated heterocycles. The molecule has 0 saturated carbocycles. The third-order valence-corrected chi connectivity index (χ3v) is 6.00. The lowest BCUT2D eigenvalue weighted by Crippen LogP contribution is -2.08. The van der Waals surface area contributed by atoms with Gasteiger partial charge in [0.15, 0.2) is 5.65 Å². The SMILES string of the molecule is CN(C)c1cncc(-c2cnc3n[nH]c(-c4cc5c(C6=CCC=C6)cccc5[nH]4)c3c2)c1. The molecule has 6 rings (SSSR count). The monoisotopic (exact) mass is 418 g/mol. The Hall–Kier alpha value is -4.19. The molecule has 0 spiro atoms. The standard InChI is InChI=1S/C26H22N6/c1-32(2)19-10-17(13-27-15-19)18-11-22-25(30-31-26(22)28-14-18)24-12-21-20(16-6-3-4-7-16)8-5-9-23(21)29-24/h3,5-15,29H,4H2,1-2H3,(H,28,30,31). The van der Waals surface area contributed by atoms with Crippen LogP contribution >= 0.6 is 0 Å². The van der Waals surface area contributed by atoms with Crippen molar-refractivity contribution in [2.24, 2.45) is 0 Å². The number of aromatic nitrogens is 5. The Morgan fingerprint density at radius 1 is 0.969 bits per heavy atom. The van der Waals surface area contributed by atoms with E-state index in [0.717, 1.165) is 45.5 Å². The lowest BCUT2D eigenvalue weighted by atomic mass is 10.0. The van der Waals surface area contributed by atoms with Gasteiger partial charge in [-0.25, -0.2) is 4.98 Å². The van der Waals surface area contributed by atoms with Gasteiger partial charge in [0.25, 0.3) is 0 Å². The normalized spacial score (nSPS) is 13.2. The van der Waals surface area contributed by atoms with Crippen LogP contribution < -0.4 is 4.90 Å². The molecule has 1 aromatic carbocycles. The van der Waals surface area contributed by atoms with Crippen molar-refractivity contribution < 1.29 is 0 Å².